The number of carbonyl (C=O) groups is 1. The fraction of sp³-hybridized carbons (Fsp3) is 0.273. The molecule has 0 spiro atoms. The molecule has 0 atom stereocenters. The van der Waals surface area contributed by atoms with Crippen molar-refractivity contribution in [1.29, 1.82) is 0 Å². The van der Waals surface area contributed by atoms with Crippen molar-refractivity contribution in [3.8, 4) is 0 Å². The molecule has 1 aromatic rings. The lowest BCUT2D eigenvalue weighted by atomic mass is 10.2. The molecule has 0 saturated heterocycles. The van der Waals surface area contributed by atoms with Gasteiger partial charge in [0.2, 0.25) is 5.91 Å². The van der Waals surface area contributed by atoms with Crippen LogP contribution in [0.15, 0.2) is 22.7 Å². The van der Waals surface area contributed by atoms with Crippen LogP contribution >= 0.6 is 28.1 Å². The second kappa shape index (κ2) is 4.51. The number of nitrogens with two attached hydrogens (primary N) is 1. The van der Waals surface area contributed by atoms with Gasteiger partial charge in [-0.1, -0.05) is 12.2 Å². The van der Waals surface area contributed by atoms with E-state index in [9.17, 15) is 4.79 Å². The van der Waals surface area contributed by atoms with Crippen molar-refractivity contribution >= 4 is 44.7 Å². The average molecular weight is 299 g/mol. The van der Waals surface area contributed by atoms with Crippen LogP contribution in [0, 0.1) is 5.92 Å². The van der Waals surface area contributed by atoms with E-state index in [0.717, 1.165) is 28.6 Å². The molecule has 5 heteroatoms. The van der Waals surface area contributed by atoms with Crippen LogP contribution in [0.5, 0.6) is 0 Å². The van der Waals surface area contributed by atoms with E-state index in [0.29, 0.717) is 4.99 Å². The number of carbonyl (C=O) groups excluding carboxylic acids is 1. The van der Waals surface area contributed by atoms with Crippen LogP contribution in [0.3, 0.4) is 0 Å². The first-order valence-electron chi connectivity index (χ1n) is 4.98. The molecule has 1 fully saturated rings. The van der Waals surface area contributed by atoms with Crippen LogP contribution in [0.25, 0.3) is 0 Å². The Morgan fingerprint density at radius 1 is 1.50 bits per heavy atom. The van der Waals surface area contributed by atoms with Gasteiger partial charge in [0.15, 0.2) is 0 Å². The minimum absolute atomic E-state index is 0.0868. The lowest BCUT2D eigenvalue weighted by Crippen LogP contribution is -2.14. The first-order valence-corrected chi connectivity index (χ1v) is 6.18. The number of hydrogen-bond acceptors (Lipinski definition) is 2. The summed E-state index contributed by atoms with van der Waals surface area (Å²) in [7, 11) is 0. The molecule has 84 valence electrons. The third-order valence-corrected chi connectivity index (χ3v) is 3.35. The Morgan fingerprint density at radius 3 is 2.69 bits per heavy atom. The van der Waals surface area contributed by atoms with E-state index < -0.39 is 0 Å². The van der Waals surface area contributed by atoms with Crippen molar-refractivity contribution in [1.82, 2.24) is 0 Å². The predicted molar refractivity (Wildman–Crippen MR) is 71.4 cm³/mol. The van der Waals surface area contributed by atoms with Crippen LogP contribution in [0.4, 0.5) is 5.69 Å². The Kier molecular flexibility index (Phi) is 3.25. The first kappa shape index (κ1) is 11.5. The summed E-state index contributed by atoms with van der Waals surface area (Å²) < 4.78 is 0.798. The monoisotopic (exact) mass is 298 g/mol. The molecule has 0 heterocycles. The molecule has 1 aromatic carbocycles. The Bertz CT molecular complexity index is 457. The van der Waals surface area contributed by atoms with Crippen LogP contribution < -0.4 is 11.1 Å². The van der Waals surface area contributed by atoms with Crippen molar-refractivity contribution in [3.05, 3.63) is 28.2 Å². The van der Waals surface area contributed by atoms with Gasteiger partial charge in [-0.3, -0.25) is 4.79 Å². The number of thiocarbonyl (C=S) groups is 1. The van der Waals surface area contributed by atoms with Crippen LogP contribution in [-0.2, 0) is 4.79 Å². The highest BCUT2D eigenvalue weighted by Gasteiger charge is 2.29. The van der Waals surface area contributed by atoms with Crippen molar-refractivity contribution < 1.29 is 4.79 Å². The van der Waals surface area contributed by atoms with Crippen LogP contribution in [0.2, 0.25) is 0 Å². The molecule has 16 heavy (non-hydrogen) atoms. The molecule has 1 aliphatic rings. The molecule has 0 radical (unpaired) electrons. The van der Waals surface area contributed by atoms with Gasteiger partial charge in [-0.25, -0.2) is 0 Å². The van der Waals surface area contributed by atoms with E-state index in [4.69, 9.17) is 18.0 Å². The normalized spacial score (nSPS) is 14.6. The quantitative estimate of drug-likeness (QED) is 0.843. The zero-order chi connectivity index (χ0) is 11.7. The molecule has 3 N–H and O–H groups in total. The number of nitrogens with one attached hydrogen (secondary N) is 1. The fourth-order valence-corrected chi connectivity index (χ4v) is 1.95. The molecular weight excluding hydrogens is 288 g/mol. The second-order valence-corrected chi connectivity index (χ2v) is 5.12. The van der Waals surface area contributed by atoms with Gasteiger partial charge >= 0.3 is 0 Å². The van der Waals surface area contributed by atoms with Crippen molar-refractivity contribution in [2.24, 2.45) is 11.7 Å². The molecule has 0 bridgehead atoms. The Hall–Kier alpha value is -0.940. The summed E-state index contributed by atoms with van der Waals surface area (Å²) in [5.41, 5.74) is 7.06. The third-order valence-electron chi connectivity index (χ3n) is 2.46. The third kappa shape index (κ3) is 2.59. The number of anilines is 1. The molecule has 2 rings (SSSR count). The zero-order valence-corrected chi connectivity index (χ0v) is 10.9. The Morgan fingerprint density at radius 2 is 2.19 bits per heavy atom. The summed E-state index contributed by atoms with van der Waals surface area (Å²) in [4.78, 5) is 11.9. The van der Waals surface area contributed by atoms with Crippen molar-refractivity contribution in [2.45, 2.75) is 12.8 Å². The maximum atomic E-state index is 11.6. The standard InChI is InChI=1S/C11H11BrN2OS/c12-8-5-7(10(13)16)3-4-9(8)14-11(15)6-1-2-6/h3-6H,1-2H2,(H2,13,16)(H,14,15). The van der Waals surface area contributed by atoms with E-state index in [1.165, 1.54) is 0 Å². The van der Waals surface area contributed by atoms with Gasteiger partial charge in [-0.15, -0.1) is 0 Å². The van der Waals surface area contributed by atoms with Gasteiger partial charge in [0, 0.05) is 16.0 Å². The van der Waals surface area contributed by atoms with Crippen molar-refractivity contribution in [2.75, 3.05) is 5.32 Å². The molecule has 0 aliphatic heterocycles. The van der Waals surface area contributed by atoms with E-state index in [2.05, 4.69) is 21.2 Å². The summed E-state index contributed by atoms with van der Waals surface area (Å²) in [5.74, 6) is 0.283. The number of halogens is 1. The van der Waals surface area contributed by atoms with E-state index >= 15 is 0 Å². The minimum Gasteiger partial charge on any atom is -0.389 e. The van der Waals surface area contributed by atoms with Gasteiger partial charge in [-0.05, 0) is 47.0 Å². The van der Waals surface area contributed by atoms with Gasteiger partial charge in [0.25, 0.3) is 0 Å². The van der Waals surface area contributed by atoms with Crippen LogP contribution in [0.1, 0.15) is 18.4 Å². The lowest BCUT2D eigenvalue weighted by molar-refractivity contribution is -0.117. The summed E-state index contributed by atoms with van der Waals surface area (Å²) in [6.07, 6.45) is 1.99. The molecule has 1 saturated carbocycles. The van der Waals surface area contributed by atoms with Gasteiger partial charge in [0.1, 0.15) is 4.99 Å². The smallest absolute Gasteiger partial charge is 0.227 e. The molecule has 1 aliphatic carbocycles. The second-order valence-electron chi connectivity index (χ2n) is 3.82. The number of rotatable bonds is 3. The van der Waals surface area contributed by atoms with E-state index in [-0.39, 0.29) is 11.8 Å². The molecule has 0 aromatic heterocycles. The average Bonchev–Trinajstić information content (AvgIpc) is 3.03. The summed E-state index contributed by atoms with van der Waals surface area (Å²) in [6, 6.07) is 5.42. The van der Waals surface area contributed by atoms with Gasteiger partial charge in [0.05, 0.1) is 5.69 Å². The Labute approximate surface area is 108 Å². The zero-order valence-electron chi connectivity index (χ0n) is 8.50. The number of hydrogen-bond donors (Lipinski definition) is 2. The van der Waals surface area contributed by atoms with Crippen molar-refractivity contribution in [3.63, 3.8) is 0 Å². The first-order chi connectivity index (χ1) is 7.58. The highest BCUT2D eigenvalue weighted by Crippen LogP contribution is 2.31. The van der Waals surface area contributed by atoms with Gasteiger partial charge in [-0.2, -0.15) is 0 Å². The fourth-order valence-electron chi connectivity index (χ4n) is 1.35. The minimum atomic E-state index is 0.0868. The highest BCUT2D eigenvalue weighted by molar-refractivity contribution is 9.10. The predicted octanol–water partition coefficient (Wildman–Crippen LogP) is 2.43. The molecule has 3 nitrogen and oxygen atoms in total. The van der Waals surface area contributed by atoms with Crippen LogP contribution in [-0.4, -0.2) is 10.9 Å². The Balaban J connectivity index is 2.15. The number of amides is 1. The number of benzene rings is 1. The molecular formula is C11H11BrN2OS. The summed E-state index contributed by atoms with van der Waals surface area (Å²) in [6.45, 7) is 0. The maximum Gasteiger partial charge on any atom is 0.227 e. The van der Waals surface area contributed by atoms with E-state index in [1.54, 1.807) is 12.1 Å². The SMILES string of the molecule is NC(=S)c1ccc(NC(=O)C2CC2)c(Br)c1. The van der Waals surface area contributed by atoms with Gasteiger partial charge < -0.3 is 11.1 Å². The molecule has 1 amide bonds. The lowest BCUT2D eigenvalue weighted by Gasteiger charge is -2.08. The summed E-state index contributed by atoms with van der Waals surface area (Å²) in [5, 5.41) is 2.87. The topological polar surface area (TPSA) is 55.1 Å². The largest absolute Gasteiger partial charge is 0.389 e. The van der Waals surface area contributed by atoms with E-state index in [1.807, 2.05) is 6.07 Å². The maximum absolute atomic E-state index is 11.6. The highest BCUT2D eigenvalue weighted by atomic mass is 79.9. The summed E-state index contributed by atoms with van der Waals surface area (Å²) >= 11 is 8.26. The molecule has 0 unspecified atom stereocenters.